The first-order valence-corrected chi connectivity index (χ1v) is 7.04. The zero-order valence-corrected chi connectivity index (χ0v) is 12.7. The van der Waals surface area contributed by atoms with Gasteiger partial charge in [-0.3, -0.25) is 4.79 Å². The minimum Gasteiger partial charge on any atom is -0.493 e. The minimum atomic E-state index is -0.349. The molecular formula is C16H15FN4O2. The van der Waals surface area contributed by atoms with Crippen molar-refractivity contribution in [2.75, 3.05) is 7.05 Å². The van der Waals surface area contributed by atoms with E-state index in [1.54, 1.807) is 25.1 Å². The van der Waals surface area contributed by atoms with Gasteiger partial charge in [0.25, 0.3) is 5.91 Å². The van der Waals surface area contributed by atoms with Gasteiger partial charge in [-0.15, -0.1) is 0 Å². The Morgan fingerprint density at radius 3 is 2.83 bits per heavy atom. The molecule has 0 fully saturated rings. The number of nitrogens with one attached hydrogen (secondary N) is 1. The summed E-state index contributed by atoms with van der Waals surface area (Å²) in [7, 11) is 1.51. The summed E-state index contributed by atoms with van der Waals surface area (Å²) in [5, 5.41) is 17.0. The van der Waals surface area contributed by atoms with Crippen molar-refractivity contribution in [3.8, 4) is 5.88 Å². The molecule has 118 valence electrons. The SMILES string of the molecule is CNC(=O)c1cnn2c(O)c(Cc3ccccc3F)c(C)nc12. The molecule has 2 heterocycles. The van der Waals surface area contributed by atoms with Crippen LogP contribution in [0.2, 0.25) is 0 Å². The van der Waals surface area contributed by atoms with E-state index in [0.29, 0.717) is 16.8 Å². The quantitative estimate of drug-likeness (QED) is 0.773. The van der Waals surface area contributed by atoms with Crippen LogP contribution in [0.15, 0.2) is 30.5 Å². The molecule has 0 aliphatic carbocycles. The van der Waals surface area contributed by atoms with E-state index in [-0.39, 0.29) is 35.2 Å². The van der Waals surface area contributed by atoms with E-state index in [4.69, 9.17) is 0 Å². The molecule has 0 aliphatic rings. The molecule has 2 aromatic heterocycles. The second-order valence-electron chi connectivity index (χ2n) is 5.14. The summed E-state index contributed by atoms with van der Waals surface area (Å²) in [6.07, 6.45) is 1.52. The number of fused-ring (bicyclic) bond motifs is 1. The number of benzene rings is 1. The van der Waals surface area contributed by atoms with Crippen molar-refractivity contribution in [2.24, 2.45) is 0 Å². The zero-order chi connectivity index (χ0) is 16.6. The molecule has 0 atom stereocenters. The molecule has 3 aromatic rings. The van der Waals surface area contributed by atoms with E-state index >= 15 is 0 Å². The van der Waals surface area contributed by atoms with Crippen LogP contribution in [-0.2, 0) is 6.42 Å². The Hall–Kier alpha value is -2.96. The molecule has 23 heavy (non-hydrogen) atoms. The van der Waals surface area contributed by atoms with Gasteiger partial charge in [0.2, 0.25) is 5.88 Å². The van der Waals surface area contributed by atoms with Gasteiger partial charge in [-0.25, -0.2) is 9.37 Å². The third kappa shape index (κ3) is 2.50. The molecule has 1 aromatic carbocycles. The van der Waals surface area contributed by atoms with E-state index in [2.05, 4.69) is 15.4 Å². The summed E-state index contributed by atoms with van der Waals surface area (Å²) >= 11 is 0. The van der Waals surface area contributed by atoms with Crippen LogP contribution in [0.4, 0.5) is 4.39 Å². The number of aromatic nitrogens is 3. The number of hydrogen-bond donors (Lipinski definition) is 2. The highest BCUT2D eigenvalue weighted by Gasteiger charge is 2.19. The lowest BCUT2D eigenvalue weighted by atomic mass is 10.0. The van der Waals surface area contributed by atoms with Gasteiger partial charge in [-0.2, -0.15) is 9.61 Å². The second-order valence-corrected chi connectivity index (χ2v) is 5.14. The molecule has 3 rings (SSSR count). The smallest absolute Gasteiger partial charge is 0.256 e. The fraction of sp³-hybridized carbons (Fsp3) is 0.188. The molecule has 0 bridgehead atoms. The van der Waals surface area contributed by atoms with Crippen molar-refractivity contribution >= 4 is 11.6 Å². The first kappa shape index (κ1) is 15.0. The number of halogens is 1. The number of nitrogens with zero attached hydrogens (tertiary/aromatic N) is 3. The number of carbonyl (C=O) groups is 1. The molecular weight excluding hydrogens is 299 g/mol. The lowest BCUT2D eigenvalue weighted by Gasteiger charge is -2.10. The minimum absolute atomic E-state index is 0.147. The molecule has 2 N–H and O–H groups in total. The standard InChI is InChI=1S/C16H15FN4O2/c1-9-11(7-10-5-3-4-6-13(10)17)16(23)21-14(20-9)12(8-19-21)15(22)18-2/h3-6,8,23H,7H2,1-2H3,(H,18,22). The van der Waals surface area contributed by atoms with Gasteiger partial charge in [0.05, 0.1) is 6.20 Å². The Morgan fingerprint density at radius 2 is 2.13 bits per heavy atom. The van der Waals surface area contributed by atoms with E-state index in [1.807, 2.05) is 0 Å². The Kier molecular flexibility index (Phi) is 3.69. The highest BCUT2D eigenvalue weighted by molar-refractivity contribution is 5.99. The largest absolute Gasteiger partial charge is 0.493 e. The first-order valence-electron chi connectivity index (χ1n) is 7.04. The Labute approximate surface area is 131 Å². The van der Waals surface area contributed by atoms with Crippen molar-refractivity contribution in [1.29, 1.82) is 0 Å². The van der Waals surface area contributed by atoms with E-state index in [9.17, 15) is 14.3 Å². The van der Waals surface area contributed by atoms with Crippen LogP contribution < -0.4 is 5.32 Å². The van der Waals surface area contributed by atoms with Crippen LogP contribution in [0.3, 0.4) is 0 Å². The number of hydrogen-bond acceptors (Lipinski definition) is 4. The fourth-order valence-corrected chi connectivity index (χ4v) is 2.45. The molecule has 0 spiro atoms. The maximum absolute atomic E-state index is 13.8. The topological polar surface area (TPSA) is 79.5 Å². The van der Waals surface area contributed by atoms with Gasteiger partial charge in [0.1, 0.15) is 11.4 Å². The van der Waals surface area contributed by atoms with Gasteiger partial charge in [0, 0.05) is 24.7 Å². The summed E-state index contributed by atoms with van der Waals surface area (Å²) in [6, 6.07) is 6.35. The van der Waals surface area contributed by atoms with E-state index in [1.165, 1.54) is 23.8 Å². The van der Waals surface area contributed by atoms with Gasteiger partial charge in [-0.05, 0) is 18.6 Å². The van der Waals surface area contributed by atoms with Crippen molar-refractivity contribution in [3.63, 3.8) is 0 Å². The summed E-state index contributed by atoms with van der Waals surface area (Å²) in [6.45, 7) is 1.70. The van der Waals surface area contributed by atoms with Crippen molar-refractivity contribution in [2.45, 2.75) is 13.3 Å². The highest BCUT2D eigenvalue weighted by atomic mass is 19.1. The second kappa shape index (κ2) is 5.68. The van der Waals surface area contributed by atoms with Crippen LogP contribution in [0, 0.1) is 12.7 Å². The van der Waals surface area contributed by atoms with Crippen LogP contribution in [0.1, 0.15) is 27.2 Å². The normalized spacial score (nSPS) is 10.9. The number of aromatic hydroxyl groups is 1. The summed E-state index contributed by atoms with van der Waals surface area (Å²) < 4.78 is 15.0. The zero-order valence-electron chi connectivity index (χ0n) is 12.7. The van der Waals surface area contributed by atoms with Gasteiger partial charge in [0.15, 0.2) is 5.65 Å². The van der Waals surface area contributed by atoms with Crippen LogP contribution >= 0.6 is 0 Å². The molecule has 6 nitrogen and oxygen atoms in total. The van der Waals surface area contributed by atoms with Crippen molar-refractivity contribution in [3.05, 3.63) is 58.7 Å². The number of rotatable bonds is 3. The Morgan fingerprint density at radius 1 is 1.39 bits per heavy atom. The highest BCUT2D eigenvalue weighted by Crippen LogP contribution is 2.26. The van der Waals surface area contributed by atoms with Crippen molar-refractivity contribution < 1.29 is 14.3 Å². The Balaban J connectivity index is 2.13. The third-order valence-electron chi connectivity index (χ3n) is 3.72. The number of amides is 1. The fourth-order valence-electron chi connectivity index (χ4n) is 2.45. The maximum Gasteiger partial charge on any atom is 0.256 e. The molecule has 0 aliphatic heterocycles. The summed E-state index contributed by atoms with van der Waals surface area (Å²) in [4.78, 5) is 16.1. The number of aryl methyl sites for hydroxylation is 1. The van der Waals surface area contributed by atoms with Crippen molar-refractivity contribution in [1.82, 2.24) is 19.9 Å². The molecule has 1 amide bonds. The average molecular weight is 314 g/mol. The average Bonchev–Trinajstić information content (AvgIpc) is 2.96. The summed E-state index contributed by atoms with van der Waals surface area (Å²) in [5.74, 6) is -0.836. The van der Waals surface area contributed by atoms with Crippen LogP contribution in [0.25, 0.3) is 5.65 Å². The van der Waals surface area contributed by atoms with Gasteiger partial charge < -0.3 is 10.4 Å². The maximum atomic E-state index is 13.8. The Bertz CT molecular complexity index is 904. The summed E-state index contributed by atoms with van der Waals surface area (Å²) in [5.41, 5.74) is 1.96. The molecule has 0 radical (unpaired) electrons. The van der Waals surface area contributed by atoms with E-state index in [0.717, 1.165) is 0 Å². The molecule has 0 unspecified atom stereocenters. The van der Waals surface area contributed by atoms with Gasteiger partial charge in [-0.1, -0.05) is 18.2 Å². The predicted molar refractivity (Wildman–Crippen MR) is 82.0 cm³/mol. The van der Waals surface area contributed by atoms with E-state index < -0.39 is 0 Å². The molecule has 7 heteroatoms. The van der Waals surface area contributed by atoms with Gasteiger partial charge >= 0.3 is 0 Å². The number of carbonyl (C=O) groups excluding carboxylic acids is 1. The predicted octanol–water partition coefficient (Wildman–Crippen LogP) is 1.83. The first-order chi connectivity index (χ1) is 11.0. The van der Waals surface area contributed by atoms with Crippen LogP contribution in [0.5, 0.6) is 5.88 Å². The third-order valence-corrected chi connectivity index (χ3v) is 3.72. The lowest BCUT2D eigenvalue weighted by Crippen LogP contribution is -2.18. The molecule has 0 saturated heterocycles. The molecule has 0 saturated carbocycles. The lowest BCUT2D eigenvalue weighted by molar-refractivity contribution is 0.0964. The monoisotopic (exact) mass is 314 g/mol. The van der Waals surface area contributed by atoms with Crippen LogP contribution in [-0.4, -0.2) is 32.7 Å².